The molecule has 1 aromatic carbocycles. The van der Waals surface area contributed by atoms with Gasteiger partial charge < -0.3 is 0 Å². The van der Waals surface area contributed by atoms with Crippen LogP contribution in [0.15, 0.2) is 18.2 Å². The van der Waals surface area contributed by atoms with E-state index in [-0.39, 0.29) is 0 Å². The minimum Gasteiger partial charge on any atom is -0.299 e. The molecule has 1 heteroatoms. The summed E-state index contributed by atoms with van der Waals surface area (Å²) in [5.41, 5.74) is 5.09. The van der Waals surface area contributed by atoms with Crippen LogP contribution in [0.3, 0.4) is 0 Å². The van der Waals surface area contributed by atoms with Crippen molar-refractivity contribution in [2.24, 2.45) is 5.41 Å². The number of nitrogens with zero attached hydrogens (tertiary/aromatic N) is 1. The lowest BCUT2D eigenvalue weighted by molar-refractivity contribution is 0.0590. The molecule has 2 atom stereocenters. The van der Waals surface area contributed by atoms with Gasteiger partial charge in [-0.05, 0) is 56.3 Å². The van der Waals surface area contributed by atoms with Gasteiger partial charge in [-0.25, -0.2) is 0 Å². The third kappa shape index (κ3) is 1.34. The number of hydrogen-bond donors (Lipinski definition) is 0. The zero-order valence-corrected chi connectivity index (χ0v) is 10.6. The highest BCUT2D eigenvalue weighted by atomic mass is 15.2. The Hall–Kier alpha value is -0.820. The highest BCUT2D eigenvalue weighted by molar-refractivity contribution is 5.41. The maximum Gasteiger partial charge on any atom is 0.0404 e. The summed E-state index contributed by atoms with van der Waals surface area (Å²) in [6.07, 6.45) is 4.02. The van der Waals surface area contributed by atoms with Crippen molar-refractivity contribution in [1.82, 2.24) is 4.90 Å². The Morgan fingerprint density at radius 3 is 3.00 bits per heavy atom. The van der Waals surface area contributed by atoms with Crippen LogP contribution in [0.1, 0.15) is 42.5 Å². The Morgan fingerprint density at radius 1 is 1.38 bits per heavy atom. The van der Waals surface area contributed by atoms with Gasteiger partial charge in [0.1, 0.15) is 0 Å². The van der Waals surface area contributed by atoms with Gasteiger partial charge in [-0.15, -0.1) is 0 Å². The first-order valence-corrected chi connectivity index (χ1v) is 6.40. The van der Waals surface area contributed by atoms with Crippen LogP contribution in [0.5, 0.6) is 0 Å². The lowest BCUT2D eigenvalue weighted by atomic mass is 9.75. The average Bonchev–Trinajstić information content (AvgIpc) is 2.49. The van der Waals surface area contributed by atoms with Crippen LogP contribution in [-0.2, 0) is 6.42 Å². The molecule has 2 aliphatic rings. The topological polar surface area (TPSA) is 3.24 Å². The molecule has 1 saturated heterocycles. The average molecular weight is 215 g/mol. The van der Waals surface area contributed by atoms with Crippen LogP contribution >= 0.6 is 0 Å². The summed E-state index contributed by atoms with van der Waals surface area (Å²) in [5.74, 6) is 0. The van der Waals surface area contributed by atoms with E-state index in [1.807, 2.05) is 0 Å². The van der Waals surface area contributed by atoms with E-state index in [4.69, 9.17) is 0 Å². The van der Waals surface area contributed by atoms with Crippen molar-refractivity contribution in [2.45, 2.75) is 39.2 Å². The fourth-order valence-corrected chi connectivity index (χ4v) is 3.92. The number of benzene rings is 1. The van der Waals surface area contributed by atoms with Gasteiger partial charge in [0.05, 0.1) is 0 Å². The van der Waals surface area contributed by atoms with Gasteiger partial charge in [0.25, 0.3) is 0 Å². The molecule has 1 heterocycles. The SMILES string of the molecule is Cc1ccc2c(c1)C[C@]1(C)CCCN(C)[C@H]21. The maximum absolute atomic E-state index is 2.56. The van der Waals surface area contributed by atoms with Gasteiger partial charge in [-0.1, -0.05) is 30.7 Å². The standard InChI is InChI=1S/C15H21N/c1-11-5-6-13-12(9-11)10-15(2)7-4-8-16(3)14(13)15/h5-6,9,14H,4,7-8,10H2,1-3H3/t14-,15+/m1/s1. The van der Waals surface area contributed by atoms with Crippen molar-refractivity contribution in [3.8, 4) is 0 Å². The molecule has 0 spiro atoms. The van der Waals surface area contributed by atoms with Gasteiger partial charge in [0.2, 0.25) is 0 Å². The minimum atomic E-state index is 0.489. The molecule has 3 rings (SSSR count). The van der Waals surface area contributed by atoms with Gasteiger partial charge in [0.15, 0.2) is 0 Å². The summed E-state index contributed by atoms with van der Waals surface area (Å²) < 4.78 is 0. The van der Waals surface area contributed by atoms with E-state index in [0.717, 1.165) is 0 Å². The monoisotopic (exact) mass is 215 g/mol. The van der Waals surface area contributed by atoms with Crippen molar-refractivity contribution >= 4 is 0 Å². The second-order valence-electron chi connectivity index (χ2n) is 6.02. The van der Waals surface area contributed by atoms with Crippen molar-refractivity contribution < 1.29 is 0 Å². The Balaban J connectivity index is 2.09. The van der Waals surface area contributed by atoms with Gasteiger partial charge in [0, 0.05) is 6.04 Å². The zero-order chi connectivity index (χ0) is 11.3. The molecular weight excluding hydrogens is 194 g/mol. The Bertz CT molecular complexity index is 423. The normalized spacial score (nSPS) is 33.6. The lowest BCUT2D eigenvalue weighted by Gasteiger charge is -2.43. The lowest BCUT2D eigenvalue weighted by Crippen LogP contribution is -2.40. The van der Waals surface area contributed by atoms with Gasteiger partial charge in [-0.3, -0.25) is 4.90 Å². The summed E-state index contributed by atoms with van der Waals surface area (Å²) in [5, 5.41) is 0. The largest absolute Gasteiger partial charge is 0.299 e. The second kappa shape index (κ2) is 3.33. The molecule has 1 aliphatic heterocycles. The third-order valence-corrected chi connectivity index (χ3v) is 4.55. The Kier molecular flexibility index (Phi) is 2.16. The molecule has 0 bridgehead atoms. The molecule has 0 aromatic heterocycles. The number of hydrogen-bond acceptors (Lipinski definition) is 1. The minimum absolute atomic E-state index is 0.489. The molecule has 1 nitrogen and oxygen atoms in total. The van der Waals surface area contributed by atoms with E-state index in [0.29, 0.717) is 11.5 Å². The quantitative estimate of drug-likeness (QED) is 0.641. The summed E-state index contributed by atoms with van der Waals surface area (Å²) in [6.45, 7) is 5.94. The molecule has 16 heavy (non-hydrogen) atoms. The number of likely N-dealkylation sites (tertiary alicyclic amines) is 1. The first kappa shape index (κ1) is 10.3. The van der Waals surface area contributed by atoms with Crippen molar-refractivity contribution in [3.05, 3.63) is 34.9 Å². The molecule has 0 saturated carbocycles. The molecule has 0 unspecified atom stereocenters. The summed E-state index contributed by atoms with van der Waals surface area (Å²) in [4.78, 5) is 2.56. The first-order valence-electron chi connectivity index (χ1n) is 6.40. The van der Waals surface area contributed by atoms with Crippen LogP contribution in [0, 0.1) is 12.3 Å². The van der Waals surface area contributed by atoms with E-state index in [2.05, 4.69) is 44.0 Å². The van der Waals surface area contributed by atoms with Gasteiger partial charge in [-0.2, -0.15) is 0 Å². The summed E-state index contributed by atoms with van der Waals surface area (Å²) >= 11 is 0. The van der Waals surface area contributed by atoms with E-state index in [9.17, 15) is 0 Å². The Morgan fingerprint density at radius 2 is 2.19 bits per heavy atom. The number of aryl methyl sites for hydroxylation is 1. The molecule has 86 valence electrons. The molecule has 0 radical (unpaired) electrons. The first-order chi connectivity index (χ1) is 7.60. The van der Waals surface area contributed by atoms with Crippen LogP contribution < -0.4 is 0 Å². The van der Waals surface area contributed by atoms with Crippen molar-refractivity contribution in [2.75, 3.05) is 13.6 Å². The third-order valence-electron chi connectivity index (χ3n) is 4.55. The molecule has 0 N–H and O–H groups in total. The predicted octanol–water partition coefficient (Wildman–Crippen LogP) is 3.32. The van der Waals surface area contributed by atoms with E-state index in [1.54, 1.807) is 11.1 Å². The smallest absolute Gasteiger partial charge is 0.0404 e. The molecular formula is C15H21N. The molecule has 1 aromatic rings. The van der Waals surface area contributed by atoms with Crippen LogP contribution in [0.4, 0.5) is 0 Å². The van der Waals surface area contributed by atoms with Crippen LogP contribution in [0.2, 0.25) is 0 Å². The highest BCUT2D eigenvalue weighted by Crippen LogP contribution is 2.53. The molecule has 1 aliphatic carbocycles. The van der Waals surface area contributed by atoms with Crippen molar-refractivity contribution in [1.29, 1.82) is 0 Å². The van der Waals surface area contributed by atoms with E-state index >= 15 is 0 Å². The second-order valence-corrected chi connectivity index (χ2v) is 6.02. The fraction of sp³-hybridized carbons (Fsp3) is 0.600. The van der Waals surface area contributed by atoms with Gasteiger partial charge >= 0.3 is 0 Å². The molecule has 0 amide bonds. The van der Waals surface area contributed by atoms with Crippen LogP contribution in [0.25, 0.3) is 0 Å². The fourth-order valence-electron chi connectivity index (χ4n) is 3.92. The zero-order valence-electron chi connectivity index (χ0n) is 10.6. The highest BCUT2D eigenvalue weighted by Gasteiger charge is 2.46. The van der Waals surface area contributed by atoms with Crippen LogP contribution in [-0.4, -0.2) is 18.5 Å². The van der Waals surface area contributed by atoms with E-state index < -0.39 is 0 Å². The number of rotatable bonds is 0. The molecule has 1 fully saturated rings. The summed E-state index contributed by atoms with van der Waals surface area (Å²) in [7, 11) is 2.29. The number of piperidine rings is 1. The van der Waals surface area contributed by atoms with Crippen molar-refractivity contribution in [3.63, 3.8) is 0 Å². The Labute approximate surface area is 98.5 Å². The predicted molar refractivity (Wildman–Crippen MR) is 67.6 cm³/mol. The summed E-state index contributed by atoms with van der Waals surface area (Å²) in [6, 6.07) is 7.69. The maximum atomic E-state index is 2.56. The number of fused-ring (bicyclic) bond motifs is 3. The van der Waals surface area contributed by atoms with E-state index in [1.165, 1.54) is 31.4 Å².